The number of hydrogen-bond donors (Lipinski definition) is 0. The van der Waals surface area contributed by atoms with Crippen LogP contribution in [0, 0.1) is 6.92 Å². The molecule has 0 aromatic heterocycles. The first kappa shape index (κ1) is 13.7. The van der Waals surface area contributed by atoms with Crippen molar-refractivity contribution in [1.29, 1.82) is 0 Å². The van der Waals surface area contributed by atoms with E-state index < -0.39 is 0 Å². The average Bonchev–Trinajstić information content (AvgIpc) is 2.49. The van der Waals surface area contributed by atoms with Gasteiger partial charge in [0.05, 0.1) is 6.04 Å². The molecule has 1 fully saturated rings. The summed E-state index contributed by atoms with van der Waals surface area (Å²) in [6.45, 7) is 3.30. The monoisotopic (exact) mass is 329 g/mol. The third-order valence-electron chi connectivity index (χ3n) is 4.12. The van der Waals surface area contributed by atoms with E-state index in [2.05, 4.69) is 76.3 Å². The molecular formula is C18H20BrN. The quantitative estimate of drug-likeness (QED) is 0.704. The number of aryl methyl sites for hydroxylation is 1. The van der Waals surface area contributed by atoms with Crippen LogP contribution in [0.4, 0.5) is 5.69 Å². The maximum Gasteiger partial charge on any atom is 0.0542 e. The van der Waals surface area contributed by atoms with Gasteiger partial charge in [-0.1, -0.05) is 45.8 Å². The molecular weight excluding hydrogens is 310 g/mol. The highest BCUT2D eigenvalue weighted by Gasteiger charge is 2.23. The molecule has 2 aromatic carbocycles. The van der Waals surface area contributed by atoms with Crippen LogP contribution in [0.15, 0.2) is 53.0 Å². The summed E-state index contributed by atoms with van der Waals surface area (Å²) in [5.41, 5.74) is 4.10. The average molecular weight is 330 g/mol. The van der Waals surface area contributed by atoms with Gasteiger partial charge in [0.2, 0.25) is 0 Å². The highest BCUT2D eigenvalue weighted by atomic mass is 79.9. The van der Waals surface area contributed by atoms with Gasteiger partial charge in [0, 0.05) is 16.7 Å². The van der Waals surface area contributed by atoms with Crippen molar-refractivity contribution < 1.29 is 0 Å². The van der Waals surface area contributed by atoms with Crippen LogP contribution in [-0.4, -0.2) is 6.54 Å². The van der Waals surface area contributed by atoms with Gasteiger partial charge in [-0.25, -0.2) is 0 Å². The van der Waals surface area contributed by atoms with Gasteiger partial charge in [0.1, 0.15) is 0 Å². The van der Waals surface area contributed by atoms with E-state index in [4.69, 9.17) is 0 Å². The molecule has 1 nitrogen and oxygen atoms in total. The number of nitrogens with zero attached hydrogens (tertiary/aromatic N) is 1. The Morgan fingerprint density at radius 1 is 0.950 bits per heavy atom. The first-order chi connectivity index (χ1) is 9.74. The smallest absolute Gasteiger partial charge is 0.0542 e. The predicted octanol–water partition coefficient (Wildman–Crippen LogP) is 5.49. The number of benzene rings is 2. The molecule has 1 aliphatic rings. The van der Waals surface area contributed by atoms with E-state index in [-0.39, 0.29) is 0 Å². The molecule has 1 aliphatic heterocycles. The maximum atomic E-state index is 3.52. The van der Waals surface area contributed by atoms with Gasteiger partial charge in [0.25, 0.3) is 0 Å². The molecule has 104 valence electrons. The molecule has 2 heteroatoms. The molecule has 20 heavy (non-hydrogen) atoms. The molecule has 0 N–H and O–H groups in total. The molecule has 0 spiro atoms. The molecule has 1 heterocycles. The van der Waals surface area contributed by atoms with Crippen LogP contribution in [0.5, 0.6) is 0 Å². The van der Waals surface area contributed by atoms with E-state index in [0.717, 1.165) is 11.0 Å². The largest absolute Gasteiger partial charge is 0.364 e. The highest BCUT2D eigenvalue weighted by molar-refractivity contribution is 9.10. The maximum absolute atomic E-state index is 3.52. The first-order valence-corrected chi connectivity index (χ1v) is 8.12. The number of halogens is 1. The van der Waals surface area contributed by atoms with E-state index >= 15 is 0 Å². The van der Waals surface area contributed by atoms with Crippen LogP contribution in [0.25, 0.3) is 0 Å². The molecule has 0 saturated carbocycles. The minimum Gasteiger partial charge on any atom is -0.364 e. The van der Waals surface area contributed by atoms with Crippen molar-refractivity contribution in [2.45, 2.75) is 32.2 Å². The molecule has 1 atom stereocenters. The normalized spacial score (nSPS) is 19.1. The standard InChI is InChI=1S/C18H20BrN/c1-14-5-11-17(12-6-14)20-13-3-2-4-18(20)15-7-9-16(19)10-8-15/h5-12,18H,2-4,13H2,1H3. The van der Waals surface area contributed by atoms with Gasteiger partial charge in [-0.2, -0.15) is 0 Å². The van der Waals surface area contributed by atoms with Crippen molar-refractivity contribution in [2.75, 3.05) is 11.4 Å². The second kappa shape index (κ2) is 6.01. The van der Waals surface area contributed by atoms with E-state index in [1.54, 1.807) is 0 Å². The fourth-order valence-electron chi connectivity index (χ4n) is 3.01. The van der Waals surface area contributed by atoms with Gasteiger partial charge in [-0.15, -0.1) is 0 Å². The number of piperidine rings is 1. The van der Waals surface area contributed by atoms with Crippen LogP contribution in [0.1, 0.15) is 36.4 Å². The van der Waals surface area contributed by atoms with Crippen molar-refractivity contribution >= 4 is 21.6 Å². The summed E-state index contributed by atoms with van der Waals surface area (Å²) >= 11 is 3.52. The Balaban J connectivity index is 1.90. The lowest BCUT2D eigenvalue weighted by Gasteiger charge is -2.38. The second-order valence-electron chi connectivity index (χ2n) is 5.59. The van der Waals surface area contributed by atoms with Gasteiger partial charge in [-0.05, 0) is 56.0 Å². The molecule has 0 aliphatic carbocycles. The Labute approximate surface area is 129 Å². The predicted molar refractivity (Wildman–Crippen MR) is 89.3 cm³/mol. The van der Waals surface area contributed by atoms with Crippen molar-refractivity contribution in [2.24, 2.45) is 0 Å². The first-order valence-electron chi connectivity index (χ1n) is 7.33. The van der Waals surface area contributed by atoms with E-state index in [1.165, 1.54) is 36.1 Å². The Morgan fingerprint density at radius 3 is 2.35 bits per heavy atom. The second-order valence-corrected chi connectivity index (χ2v) is 6.51. The summed E-state index contributed by atoms with van der Waals surface area (Å²) in [6, 6.07) is 18.3. The van der Waals surface area contributed by atoms with Crippen LogP contribution >= 0.6 is 15.9 Å². The summed E-state index contributed by atoms with van der Waals surface area (Å²) in [5, 5.41) is 0. The van der Waals surface area contributed by atoms with E-state index in [9.17, 15) is 0 Å². The van der Waals surface area contributed by atoms with Gasteiger partial charge in [0.15, 0.2) is 0 Å². The van der Waals surface area contributed by atoms with Crippen LogP contribution < -0.4 is 4.90 Å². The molecule has 2 aromatic rings. The molecule has 1 unspecified atom stereocenters. The Bertz CT molecular complexity index is 505. The van der Waals surface area contributed by atoms with Crippen LogP contribution in [0.2, 0.25) is 0 Å². The lowest BCUT2D eigenvalue weighted by atomic mass is 9.94. The van der Waals surface area contributed by atoms with E-state index in [1.807, 2.05) is 0 Å². The molecule has 0 radical (unpaired) electrons. The fourth-order valence-corrected chi connectivity index (χ4v) is 3.27. The number of anilines is 1. The molecule has 1 saturated heterocycles. The summed E-state index contributed by atoms with van der Waals surface area (Å²) in [6.07, 6.45) is 3.86. The van der Waals surface area contributed by atoms with Crippen LogP contribution in [-0.2, 0) is 0 Å². The third kappa shape index (κ3) is 2.90. The lowest BCUT2D eigenvalue weighted by Crippen LogP contribution is -2.33. The minimum absolute atomic E-state index is 0.513. The van der Waals surface area contributed by atoms with Gasteiger partial charge >= 0.3 is 0 Å². The lowest BCUT2D eigenvalue weighted by molar-refractivity contribution is 0.473. The minimum atomic E-state index is 0.513. The SMILES string of the molecule is Cc1ccc(N2CCCCC2c2ccc(Br)cc2)cc1. The van der Waals surface area contributed by atoms with Gasteiger partial charge < -0.3 is 4.90 Å². The summed E-state index contributed by atoms with van der Waals surface area (Å²) in [7, 11) is 0. The van der Waals surface area contributed by atoms with Crippen LogP contribution in [0.3, 0.4) is 0 Å². The molecule has 0 bridgehead atoms. The summed E-state index contributed by atoms with van der Waals surface area (Å²) in [5.74, 6) is 0. The van der Waals surface area contributed by atoms with Crippen molar-refractivity contribution in [3.05, 3.63) is 64.1 Å². The Morgan fingerprint density at radius 2 is 1.65 bits per heavy atom. The zero-order valence-corrected chi connectivity index (χ0v) is 13.4. The Hall–Kier alpha value is -1.28. The topological polar surface area (TPSA) is 3.24 Å². The van der Waals surface area contributed by atoms with Crippen molar-refractivity contribution in [3.8, 4) is 0 Å². The van der Waals surface area contributed by atoms with Gasteiger partial charge in [-0.3, -0.25) is 0 Å². The highest BCUT2D eigenvalue weighted by Crippen LogP contribution is 2.35. The third-order valence-corrected chi connectivity index (χ3v) is 4.65. The number of hydrogen-bond acceptors (Lipinski definition) is 1. The fraction of sp³-hybridized carbons (Fsp3) is 0.333. The zero-order valence-electron chi connectivity index (χ0n) is 11.8. The summed E-state index contributed by atoms with van der Waals surface area (Å²) in [4.78, 5) is 2.56. The molecule has 3 rings (SSSR count). The van der Waals surface area contributed by atoms with E-state index in [0.29, 0.717) is 6.04 Å². The van der Waals surface area contributed by atoms with Crippen molar-refractivity contribution in [3.63, 3.8) is 0 Å². The zero-order chi connectivity index (χ0) is 13.9. The number of rotatable bonds is 2. The van der Waals surface area contributed by atoms with Crippen molar-refractivity contribution in [1.82, 2.24) is 0 Å². The Kier molecular flexibility index (Phi) is 4.11. The summed E-state index contributed by atoms with van der Waals surface area (Å²) < 4.78 is 1.15. The molecule has 0 amide bonds.